The third kappa shape index (κ3) is 5.08. The SMILES string of the molecule is Cc1nn(CCNCCCOC(C)C)c(C)c1Br. The molecule has 0 saturated carbocycles. The lowest BCUT2D eigenvalue weighted by atomic mass is 10.4. The van der Waals surface area contributed by atoms with Crippen LogP contribution in [0.1, 0.15) is 31.7 Å². The van der Waals surface area contributed by atoms with Crippen molar-refractivity contribution in [3.63, 3.8) is 0 Å². The Bertz CT molecular complexity index is 363. The van der Waals surface area contributed by atoms with Gasteiger partial charge in [0.25, 0.3) is 0 Å². The summed E-state index contributed by atoms with van der Waals surface area (Å²) in [6.45, 7) is 11.9. The molecular weight excluding hydrogens is 294 g/mol. The quantitative estimate of drug-likeness (QED) is 0.749. The van der Waals surface area contributed by atoms with E-state index in [0.717, 1.165) is 42.8 Å². The number of rotatable bonds is 8. The first-order valence-electron chi connectivity index (χ1n) is 6.54. The van der Waals surface area contributed by atoms with Crippen LogP contribution in [0.25, 0.3) is 0 Å². The molecular formula is C13H24BrN3O. The summed E-state index contributed by atoms with van der Waals surface area (Å²) in [4.78, 5) is 0. The van der Waals surface area contributed by atoms with Crippen LogP contribution in [0.2, 0.25) is 0 Å². The Labute approximate surface area is 118 Å². The lowest BCUT2D eigenvalue weighted by Gasteiger charge is -2.08. The van der Waals surface area contributed by atoms with Gasteiger partial charge >= 0.3 is 0 Å². The van der Waals surface area contributed by atoms with E-state index >= 15 is 0 Å². The maximum absolute atomic E-state index is 5.48. The molecule has 1 rings (SSSR count). The zero-order valence-electron chi connectivity index (χ0n) is 11.8. The van der Waals surface area contributed by atoms with Gasteiger partial charge in [-0.3, -0.25) is 4.68 Å². The van der Waals surface area contributed by atoms with Crippen molar-refractivity contribution in [1.82, 2.24) is 15.1 Å². The van der Waals surface area contributed by atoms with Crippen LogP contribution in [-0.2, 0) is 11.3 Å². The third-order valence-corrected chi connectivity index (χ3v) is 3.89. The number of aromatic nitrogens is 2. The molecule has 1 aromatic heterocycles. The van der Waals surface area contributed by atoms with Crippen LogP contribution in [0.3, 0.4) is 0 Å². The highest BCUT2D eigenvalue weighted by Crippen LogP contribution is 2.19. The zero-order valence-corrected chi connectivity index (χ0v) is 13.4. The van der Waals surface area contributed by atoms with Gasteiger partial charge in [0.15, 0.2) is 0 Å². The smallest absolute Gasteiger partial charge is 0.0738 e. The average Bonchev–Trinajstić information content (AvgIpc) is 2.55. The van der Waals surface area contributed by atoms with Crippen molar-refractivity contribution in [3.05, 3.63) is 15.9 Å². The molecule has 104 valence electrons. The number of aryl methyl sites for hydroxylation is 1. The molecule has 0 aromatic carbocycles. The van der Waals surface area contributed by atoms with E-state index in [1.807, 2.05) is 11.6 Å². The molecule has 0 amide bonds. The van der Waals surface area contributed by atoms with E-state index in [0.29, 0.717) is 6.10 Å². The van der Waals surface area contributed by atoms with Crippen molar-refractivity contribution >= 4 is 15.9 Å². The molecule has 0 bridgehead atoms. The molecule has 0 fully saturated rings. The van der Waals surface area contributed by atoms with Gasteiger partial charge in [-0.25, -0.2) is 0 Å². The zero-order chi connectivity index (χ0) is 13.5. The van der Waals surface area contributed by atoms with Gasteiger partial charge in [-0.05, 0) is 56.6 Å². The standard InChI is InChI=1S/C13H24BrN3O/c1-10(2)18-9-5-6-15-7-8-17-12(4)13(14)11(3)16-17/h10,15H,5-9H2,1-4H3. The summed E-state index contributed by atoms with van der Waals surface area (Å²) >= 11 is 3.54. The van der Waals surface area contributed by atoms with Crippen LogP contribution in [0, 0.1) is 13.8 Å². The largest absolute Gasteiger partial charge is 0.379 e. The molecule has 0 saturated heterocycles. The van der Waals surface area contributed by atoms with E-state index in [-0.39, 0.29) is 0 Å². The summed E-state index contributed by atoms with van der Waals surface area (Å²) in [7, 11) is 0. The van der Waals surface area contributed by atoms with Crippen molar-refractivity contribution in [3.8, 4) is 0 Å². The van der Waals surface area contributed by atoms with Gasteiger partial charge in [0.2, 0.25) is 0 Å². The number of nitrogens with one attached hydrogen (secondary N) is 1. The normalized spacial score (nSPS) is 11.4. The Kier molecular flexibility index (Phi) is 6.89. The Morgan fingerprint density at radius 2 is 2.06 bits per heavy atom. The van der Waals surface area contributed by atoms with Gasteiger partial charge in [-0.15, -0.1) is 0 Å². The molecule has 18 heavy (non-hydrogen) atoms. The van der Waals surface area contributed by atoms with Gasteiger partial charge in [0.05, 0.1) is 22.8 Å². The number of ether oxygens (including phenoxy) is 1. The van der Waals surface area contributed by atoms with Gasteiger partial charge in [-0.2, -0.15) is 5.10 Å². The fraction of sp³-hybridized carbons (Fsp3) is 0.769. The second kappa shape index (κ2) is 7.92. The van der Waals surface area contributed by atoms with Gasteiger partial charge in [0.1, 0.15) is 0 Å². The first kappa shape index (κ1) is 15.7. The van der Waals surface area contributed by atoms with Gasteiger partial charge in [0, 0.05) is 18.8 Å². The average molecular weight is 318 g/mol. The molecule has 0 radical (unpaired) electrons. The highest BCUT2D eigenvalue weighted by atomic mass is 79.9. The highest BCUT2D eigenvalue weighted by Gasteiger charge is 2.07. The van der Waals surface area contributed by atoms with Gasteiger partial charge in [-0.1, -0.05) is 0 Å². The lowest BCUT2D eigenvalue weighted by Crippen LogP contribution is -2.23. The fourth-order valence-corrected chi connectivity index (χ4v) is 2.00. The molecule has 0 spiro atoms. The summed E-state index contributed by atoms with van der Waals surface area (Å²) in [5.41, 5.74) is 2.25. The molecule has 5 heteroatoms. The van der Waals surface area contributed by atoms with E-state index in [4.69, 9.17) is 4.74 Å². The Morgan fingerprint density at radius 1 is 1.33 bits per heavy atom. The summed E-state index contributed by atoms with van der Waals surface area (Å²) < 4.78 is 8.64. The maximum Gasteiger partial charge on any atom is 0.0738 e. The number of nitrogens with zero attached hydrogens (tertiary/aromatic N) is 2. The molecule has 1 heterocycles. The van der Waals surface area contributed by atoms with Crippen LogP contribution >= 0.6 is 15.9 Å². The number of hydrogen-bond donors (Lipinski definition) is 1. The summed E-state index contributed by atoms with van der Waals surface area (Å²) in [6, 6.07) is 0. The van der Waals surface area contributed by atoms with Crippen LogP contribution in [0.4, 0.5) is 0 Å². The van der Waals surface area contributed by atoms with Crippen LogP contribution in [0.5, 0.6) is 0 Å². The van der Waals surface area contributed by atoms with Crippen molar-refractivity contribution in [1.29, 1.82) is 0 Å². The summed E-state index contributed by atoms with van der Waals surface area (Å²) in [5, 5.41) is 7.88. The van der Waals surface area contributed by atoms with Crippen LogP contribution in [-0.4, -0.2) is 35.6 Å². The lowest BCUT2D eigenvalue weighted by molar-refractivity contribution is 0.0771. The van der Waals surface area contributed by atoms with Crippen molar-refractivity contribution in [2.75, 3.05) is 19.7 Å². The molecule has 0 aliphatic carbocycles. The minimum atomic E-state index is 0.331. The first-order chi connectivity index (χ1) is 8.52. The molecule has 4 nitrogen and oxygen atoms in total. The Balaban J connectivity index is 2.13. The second-order valence-corrected chi connectivity index (χ2v) is 5.52. The minimum absolute atomic E-state index is 0.331. The highest BCUT2D eigenvalue weighted by molar-refractivity contribution is 9.10. The molecule has 0 aliphatic heterocycles. The Morgan fingerprint density at radius 3 is 2.61 bits per heavy atom. The Hall–Kier alpha value is -0.390. The van der Waals surface area contributed by atoms with Crippen molar-refractivity contribution < 1.29 is 4.74 Å². The van der Waals surface area contributed by atoms with Crippen molar-refractivity contribution in [2.45, 2.75) is 46.8 Å². The molecule has 0 unspecified atom stereocenters. The minimum Gasteiger partial charge on any atom is -0.379 e. The number of halogens is 1. The third-order valence-electron chi connectivity index (χ3n) is 2.74. The topological polar surface area (TPSA) is 39.1 Å². The van der Waals surface area contributed by atoms with Gasteiger partial charge < -0.3 is 10.1 Å². The molecule has 0 atom stereocenters. The maximum atomic E-state index is 5.48. The van der Waals surface area contributed by atoms with E-state index in [9.17, 15) is 0 Å². The fourth-order valence-electron chi connectivity index (χ4n) is 1.72. The monoisotopic (exact) mass is 317 g/mol. The second-order valence-electron chi connectivity index (χ2n) is 4.73. The summed E-state index contributed by atoms with van der Waals surface area (Å²) in [5.74, 6) is 0. The van der Waals surface area contributed by atoms with Crippen LogP contribution < -0.4 is 5.32 Å². The van der Waals surface area contributed by atoms with Crippen LogP contribution in [0.15, 0.2) is 4.47 Å². The molecule has 1 aromatic rings. The predicted molar refractivity (Wildman–Crippen MR) is 78.0 cm³/mol. The van der Waals surface area contributed by atoms with E-state index in [1.165, 1.54) is 5.69 Å². The molecule has 1 N–H and O–H groups in total. The molecule has 0 aliphatic rings. The number of hydrogen-bond acceptors (Lipinski definition) is 3. The van der Waals surface area contributed by atoms with E-state index in [1.54, 1.807) is 0 Å². The van der Waals surface area contributed by atoms with Crippen molar-refractivity contribution in [2.24, 2.45) is 0 Å². The predicted octanol–water partition coefficient (Wildman–Crippen LogP) is 2.67. The van der Waals surface area contributed by atoms with E-state index < -0.39 is 0 Å². The summed E-state index contributed by atoms with van der Waals surface area (Å²) in [6.07, 6.45) is 1.39. The van der Waals surface area contributed by atoms with E-state index in [2.05, 4.69) is 47.1 Å². The first-order valence-corrected chi connectivity index (χ1v) is 7.33.